The van der Waals surface area contributed by atoms with Gasteiger partial charge in [0.1, 0.15) is 6.61 Å². The fraction of sp³-hybridized carbons (Fsp3) is 0.753. The van der Waals surface area contributed by atoms with E-state index < -0.39 is 26.5 Å². The second-order valence-corrected chi connectivity index (χ2v) is 29.4. The lowest BCUT2D eigenvalue weighted by atomic mass is 10.0. The molecule has 0 aromatic carbocycles. The Balaban J connectivity index is 3.83. The Hall–Kier alpha value is -3.59. The number of allylic oxidation sites excluding steroid dienone is 20. The van der Waals surface area contributed by atoms with Gasteiger partial charge in [-0.05, 0) is 89.9 Å². The molecule has 0 aromatic rings. The maximum absolute atomic E-state index is 12.8. The van der Waals surface area contributed by atoms with Gasteiger partial charge in [0.2, 0.25) is 0 Å². The van der Waals surface area contributed by atoms with Crippen molar-refractivity contribution in [3.05, 3.63) is 122 Å². The van der Waals surface area contributed by atoms with Crippen molar-refractivity contribution in [3.8, 4) is 0 Å². The summed E-state index contributed by atoms with van der Waals surface area (Å²) in [6, 6.07) is 0. The third-order valence-electron chi connectivity index (χ3n) is 18.4. The fourth-order valence-corrected chi connectivity index (χ4v) is 13.0. The van der Waals surface area contributed by atoms with Crippen LogP contribution in [0.3, 0.4) is 0 Å². The van der Waals surface area contributed by atoms with E-state index in [9.17, 15) is 19.0 Å². The number of phosphoric acid groups is 1. The molecule has 9 nitrogen and oxygen atoms in total. The summed E-state index contributed by atoms with van der Waals surface area (Å²) in [5.41, 5.74) is 5.42. The first-order chi connectivity index (χ1) is 48.8. The normalized spacial score (nSPS) is 13.5. The SMILES string of the molecule is CC/C=C\C/C=C\C/C=C\C/C=C\C/C=C\C/C=C\C/C=C\C/C=C\C/C=C\C/C=C\CCCCCCCCC(=O)OC(COC(=O)CCCCCCCCCCCCCCCCCCCCCCCCCCCCCCCCCCCCCCCCCCC)COP(=O)(O)OCCN. The van der Waals surface area contributed by atoms with Crippen LogP contribution in [0.1, 0.15) is 399 Å². The van der Waals surface area contributed by atoms with Crippen LogP contribution in [-0.2, 0) is 32.7 Å². The first-order valence-electron chi connectivity index (χ1n) is 42.0. The van der Waals surface area contributed by atoms with Crippen LogP contribution >= 0.6 is 7.82 Å². The Kier molecular flexibility index (Phi) is 80.3. The molecule has 0 aromatic heterocycles. The van der Waals surface area contributed by atoms with E-state index in [0.29, 0.717) is 6.42 Å². The lowest BCUT2D eigenvalue weighted by molar-refractivity contribution is -0.161. The van der Waals surface area contributed by atoms with Crippen molar-refractivity contribution in [2.75, 3.05) is 26.4 Å². The number of carbonyl (C=O) groups excluding carboxylic acids is 2. The first-order valence-corrected chi connectivity index (χ1v) is 43.5. The predicted molar refractivity (Wildman–Crippen MR) is 431 cm³/mol. The minimum absolute atomic E-state index is 0.0466. The number of nitrogens with two attached hydrogens (primary N) is 1. The molecular formula is C89H158NO8P. The molecule has 2 atom stereocenters. The van der Waals surface area contributed by atoms with Gasteiger partial charge in [0, 0.05) is 19.4 Å². The molecule has 10 heteroatoms. The lowest BCUT2D eigenvalue weighted by Crippen LogP contribution is -2.29. The quantitative estimate of drug-likeness (QED) is 0.0264. The number of hydrogen-bond acceptors (Lipinski definition) is 8. The molecule has 572 valence electrons. The van der Waals surface area contributed by atoms with Crippen LogP contribution in [0.5, 0.6) is 0 Å². The zero-order chi connectivity index (χ0) is 71.5. The van der Waals surface area contributed by atoms with E-state index in [1.807, 2.05) is 0 Å². The second kappa shape index (κ2) is 83.4. The Morgan fingerprint density at radius 3 is 0.828 bits per heavy atom. The van der Waals surface area contributed by atoms with E-state index >= 15 is 0 Å². The van der Waals surface area contributed by atoms with E-state index in [1.165, 1.54) is 244 Å². The Bertz CT molecular complexity index is 2050. The number of esters is 2. The van der Waals surface area contributed by atoms with Crippen LogP contribution in [0.15, 0.2) is 122 Å². The van der Waals surface area contributed by atoms with Crippen molar-refractivity contribution in [2.45, 2.75) is 405 Å². The molecule has 2 unspecified atom stereocenters. The zero-order valence-electron chi connectivity index (χ0n) is 64.7. The molecule has 0 spiro atoms. The first kappa shape index (κ1) is 95.4. The highest BCUT2D eigenvalue weighted by Crippen LogP contribution is 2.43. The van der Waals surface area contributed by atoms with Crippen LogP contribution in [0.2, 0.25) is 0 Å². The fourth-order valence-electron chi connectivity index (χ4n) is 12.2. The van der Waals surface area contributed by atoms with Gasteiger partial charge in [0.15, 0.2) is 6.10 Å². The van der Waals surface area contributed by atoms with Crippen molar-refractivity contribution < 1.29 is 37.6 Å². The maximum Gasteiger partial charge on any atom is 0.472 e. The van der Waals surface area contributed by atoms with Gasteiger partial charge < -0.3 is 20.1 Å². The molecule has 0 rings (SSSR count). The Morgan fingerprint density at radius 2 is 0.556 bits per heavy atom. The van der Waals surface area contributed by atoms with Crippen LogP contribution in [-0.4, -0.2) is 49.3 Å². The van der Waals surface area contributed by atoms with Gasteiger partial charge in [-0.15, -0.1) is 0 Å². The second-order valence-electron chi connectivity index (χ2n) is 28.0. The smallest absolute Gasteiger partial charge is 0.462 e. The largest absolute Gasteiger partial charge is 0.472 e. The van der Waals surface area contributed by atoms with Crippen LogP contribution < -0.4 is 5.73 Å². The molecule has 0 fully saturated rings. The highest BCUT2D eigenvalue weighted by atomic mass is 31.2. The third-order valence-corrected chi connectivity index (χ3v) is 19.3. The van der Waals surface area contributed by atoms with Crippen LogP contribution in [0.4, 0.5) is 0 Å². The van der Waals surface area contributed by atoms with Gasteiger partial charge in [-0.25, -0.2) is 4.57 Å². The molecule has 0 radical (unpaired) electrons. The molecule has 0 bridgehead atoms. The van der Waals surface area contributed by atoms with Crippen molar-refractivity contribution in [1.82, 2.24) is 0 Å². The van der Waals surface area contributed by atoms with E-state index in [4.69, 9.17) is 24.3 Å². The number of unbranched alkanes of at least 4 members (excludes halogenated alkanes) is 46. The van der Waals surface area contributed by atoms with Crippen molar-refractivity contribution in [3.63, 3.8) is 0 Å². The zero-order valence-corrected chi connectivity index (χ0v) is 65.6. The van der Waals surface area contributed by atoms with Gasteiger partial charge in [-0.1, -0.05) is 418 Å². The van der Waals surface area contributed by atoms with E-state index in [0.717, 1.165) is 122 Å². The average molecular weight is 1400 g/mol. The minimum Gasteiger partial charge on any atom is -0.462 e. The molecule has 0 aliphatic carbocycles. The average Bonchev–Trinajstić information content (AvgIpc) is 1.64. The lowest BCUT2D eigenvalue weighted by Gasteiger charge is -2.19. The standard InChI is InChI=1S/C89H158NO8P/c1-3-5-7-9-11-13-15-17-19-21-23-25-27-29-31-33-35-37-39-41-42-43-44-46-47-49-51-53-55-57-59-61-63-65-67-69-71-73-75-77-79-81-88(91)95-85-87(86-97-99(93,94)96-84-83-90)98-89(92)82-80-78-76-74-72-70-68-66-64-62-60-58-56-54-52-50-48-45-40-38-36-34-32-30-28-26-24-22-20-18-16-14-12-10-8-6-4-2/h6,8,12,14,18,20,24,26,30,32,36,38,45,48,52,54,58,60,64,66,87H,3-5,7,9-11,13,15-17,19,21-23,25,27-29,31,33-35,37,39-44,46-47,49-51,53,55-57,59,61-63,65,67-86,90H2,1-2H3,(H,93,94)/b8-6-,14-12-,20-18-,26-24-,32-30-,38-36-,48-45-,54-52-,60-58-,66-64-. The highest BCUT2D eigenvalue weighted by Gasteiger charge is 2.26. The number of carbonyl (C=O) groups is 2. The predicted octanol–water partition coefficient (Wildman–Crippen LogP) is 28.5. The summed E-state index contributed by atoms with van der Waals surface area (Å²) >= 11 is 0. The topological polar surface area (TPSA) is 134 Å². The molecule has 0 aliphatic rings. The van der Waals surface area contributed by atoms with E-state index in [2.05, 4.69) is 135 Å². The molecule has 0 heterocycles. The summed E-state index contributed by atoms with van der Waals surface area (Å²) in [5, 5.41) is 0. The monoisotopic (exact) mass is 1400 g/mol. The van der Waals surface area contributed by atoms with Gasteiger partial charge in [-0.3, -0.25) is 18.6 Å². The summed E-state index contributed by atoms with van der Waals surface area (Å²) < 4.78 is 33.3. The number of hydrogen-bond donors (Lipinski definition) is 2. The van der Waals surface area contributed by atoms with Gasteiger partial charge >= 0.3 is 19.8 Å². The van der Waals surface area contributed by atoms with Crippen LogP contribution in [0, 0.1) is 0 Å². The van der Waals surface area contributed by atoms with Crippen molar-refractivity contribution >= 4 is 19.8 Å². The van der Waals surface area contributed by atoms with E-state index in [-0.39, 0.29) is 38.6 Å². The number of rotatable bonds is 79. The minimum atomic E-state index is -4.41. The van der Waals surface area contributed by atoms with Crippen molar-refractivity contribution in [1.29, 1.82) is 0 Å². The third kappa shape index (κ3) is 83.2. The molecule has 0 aliphatic heterocycles. The molecule has 0 saturated heterocycles. The molecule has 3 N–H and O–H groups in total. The van der Waals surface area contributed by atoms with Gasteiger partial charge in [0.05, 0.1) is 13.2 Å². The van der Waals surface area contributed by atoms with E-state index in [1.54, 1.807) is 0 Å². The number of ether oxygens (including phenoxy) is 2. The summed E-state index contributed by atoms with van der Waals surface area (Å²) in [5.74, 6) is -0.836. The summed E-state index contributed by atoms with van der Waals surface area (Å²) in [6.45, 7) is 3.66. The molecule has 0 amide bonds. The van der Waals surface area contributed by atoms with Gasteiger partial charge in [-0.2, -0.15) is 0 Å². The van der Waals surface area contributed by atoms with Crippen LogP contribution in [0.25, 0.3) is 0 Å². The molecule has 99 heavy (non-hydrogen) atoms. The summed E-state index contributed by atoms with van der Waals surface area (Å²) in [6.07, 6.45) is 118. The Labute approximate surface area is 612 Å². The summed E-state index contributed by atoms with van der Waals surface area (Å²) in [7, 11) is -4.41. The van der Waals surface area contributed by atoms with Gasteiger partial charge in [0.25, 0.3) is 0 Å². The highest BCUT2D eigenvalue weighted by molar-refractivity contribution is 7.47. The molecular weight excluding hydrogens is 1240 g/mol. The summed E-state index contributed by atoms with van der Waals surface area (Å²) in [4.78, 5) is 35.5. The number of phosphoric ester groups is 1. The maximum atomic E-state index is 12.8. The molecule has 0 saturated carbocycles. The van der Waals surface area contributed by atoms with Crippen molar-refractivity contribution in [2.24, 2.45) is 5.73 Å². The Morgan fingerprint density at radius 1 is 0.313 bits per heavy atom.